The number of hydrogen-bond acceptors (Lipinski definition) is 4. The van der Waals surface area contributed by atoms with Crippen LogP contribution in [0.4, 0.5) is 0 Å². The molecule has 0 atom stereocenters. The maximum absolute atomic E-state index is 11.1. The smallest absolute Gasteiger partial charge is 0.375 e. The molecule has 0 bridgehead atoms. The standard InChI is InChI=1S/C10H8ClN3O2/c1-16-10(15)9-12-8(13-14-9)6-3-2-4-7(11)5-6/h2-5H,1H3,(H,12,13,14). The topological polar surface area (TPSA) is 67.9 Å². The highest BCUT2D eigenvalue weighted by atomic mass is 35.5. The van der Waals surface area contributed by atoms with Gasteiger partial charge in [0, 0.05) is 10.6 Å². The number of aromatic amines is 1. The highest BCUT2D eigenvalue weighted by Crippen LogP contribution is 2.19. The van der Waals surface area contributed by atoms with Gasteiger partial charge in [-0.25, -0.2) is 9.78 Å². The number of aromatic nitrogens is 3. The zero-order valence-electron chi connectivity index (χ0n) is 8.40. The lowest BCUT2D eigenvalue weighted by molar-refractivity contribution is 0.0587. The van der Waals surface area contributed by atoms with Crippen LogP contribution in [-0.4, -0.2) is 28.3 Å². The molecule has 0 aliphatic heterocycles. The van der Waals surface area contributed by atoms with Gasteiger partial charge in [-0.2, -0.15) is 5.10 Å². The number of esters is 1. The number of rotatable bonds is 2. The van der Waals surface area contributed by atoms with Gasteiger partial charge in [0.2, 0.25) is 5.82 Å². The molecule has 1 aromatic carbocycles. The van der Waals surface area contributed by atoms with Gasteiger partial charge in [0.1, 0.15) is 0 Å². The van der Waals surface area contributed by atoms with Crippen LogP contribution in [0.2, 0.25) is 5.02 Å². The lowest BCUT2D eigenvalue weighted by Crippen LogP contribution is -2.03. The molecule has 0 amide bonds. The first-order chi connectivity index (χ1) is 7.70. The number of nitrogens with one attached hydrogen (secondary N) is 1. The van der Waals surface area contributed by atoms with Gasteiger partial charge >= 0.3 is 5.97 Å². The zero-order chi connectivity index (χ0) is 11.5. The summed E-state index contributed by atoms with van der Waals surface area (Å²) >= 11 is 5.83. The average molecular weight is 238 g/mol. The number of hydrogen-bond donors (Lipinski definition) is 1. The van der Waals surface area contributed by atoms with Crippen molar-refractivity contribution < 1.29 is 9.53 Å². The summed E-state index contributed by atoms with van der Waals surface area (Å²) in [6.45, 7) is 0. The van der Waals surface area contributed by atoms with Gasteiger partial charge in [-0.15, -0.1) is 0 Å². The van der Waals surface area contributed by atoms with Crippen LogP contribution in [0.1, 0.15) is 10.6 Å². The third-order valence-electron chi connectivity index (χ3n) is 1.95. The van der Waals surface area contributed by atoms with E-state index in [9.17, 15) is 4.79 Å². The van der Waals surface area contributed by atoms with Gasteiger partial charge in [-0.05, 0) is 12.1 Å². The molecule has 1 N–H and O–H groups in total. The van der Waals surface area contributed by atoms with Crippen molar-refractivity contribution in [3.8, 4) is 11.4 Å². The first-order valence-electron chi connectivity index (χ1n) is 4.47. The van der Waals surface area contributed by atoms with Crippen LogP contribution in [-0.2, 0) is 4.74 Å². The van der Waals surface area contributed by atoms with Crippen molar-refractivity contribution >= 4 is 17.6 Å². The van der Waals surface area contributed by atoms with Gasteiger partial charge in [0.15, 0.2) is 5.82 Å². The molecule has 0 radical (unpaired) electrons. The fourth-order valence-electron chi connectivity index (χ4n) is 1.21. The maximum Gasteiger partial charge on any atom is 0.375 e. The monoisotopic (exact) mass is 237 g/mol. The van der Waals surface area contributed by atoms with Gasteiger partial charge in [0.25, 0.3) is 0 Å². The molecule has 6 heteroatoms. The van der Waals surface area contributed by atoms with Crippen molar-refractivity contribution in [2.75, 3.05) is 7.11 Å². The fourth-order valence-corrected chi connectivity index (χ4v) is 1.40. The summed E-state index contributed by atoms with van der Waals surface area (Å²) in [7, 11) is 1.28. The van der Waals surface area contributed by atoms with Crippen molar-refractivity contribution in [3.05, 3.63) is 35.1 Å². The number of carbonyl (C=O) groups is 1. The quantitative estimate of drug-likeness (QED) is 0.811. The summed E-state index contributed by atoms with van der Waals surface area (Å²) in [5.41, 5.74) is 0.735. The van der Waals surface area contributed by atoms with Gasteiger partial charge in [-0.3, -0.25) is 5.10 Å². The van der Waals surface area contributed by atoms with Crippen LogP contribution in [0.5, 0.6) is 0 Å². The Morgan fingerprint density at radius 1 is 1.50 bits per heavy atom. The Hall–Kier alpha value is -1.88. The zero-order valence-corrected chi connectivity index (χ0v) is 9.15. The molecule has 0 aliphatic carbocycles. The van der Waals surface area contributed by atoms with Crippen LogP contribution in [0.25, 0.3) is 11.4 Å². The van der Waals surface area contributed by atoms with Crippen molar-refractivity contribution in [1.29, 1.82) is 0 Å². The first kappa shape index (κ1) is 10.6. The van der Waals surface area contributed by atoms with Crippen molar-refractivity contribution in [2.45, 2.75) is 0 Å². The summed E-state index contributed by atoms with van der Waals surface area (Å²) in [6.07, 6.45) is 0. The minimum atomic E-state index is -0.555. The van der Waals surface area contributed by atoms with Gasteiger partial charge < -0.3 is 4.74 Å². The molecule has 0 saturated heterocycles. The lowest BCUT2D eigenvalue weighted by Gasteiger charge is -1.94. The SMILES string of the molecule is COC(=O)c1nc(-c2cccc(Cl)c2)n[nH]1. The Morgan fingerprint density at radius 2 is 2.31 bits per heavy atom. The van der Waals surface area contributed by atoms with E-state index in [1.54, 1.807) is 24.3 Å². The van der Waals surface area contributed by atoms with Crippen molar-refractivity contribution in [2.24, 2.45) is 0 Å². The number of halogens is 1. The Labute approximate surface area is 96.4 Å². The third kappa shape index (κ3) is 2.04. The Balaban J connectivity index is 2.35. The van der Waals surface area contributed by atoms with E-state index in [1.807, 2.05) is 0 Å². The molecule has 2 rings (SSSR count). The summed E-state index contributed by atoms with van der Waals surface area (Å²) in [6, 6.07) is 7.05. The van der Waals surface area contributed by atoms with E-state index in [1.165, 1.54) is 7.11 Å². The number of methoxy groups -OCH3 is 1. The van der Waals surface area contributed by atoms with Crippen LogP contribution < -0.4 is 0 Å². The Kier molecular flexibility index (Phi) is 2.87. The molecule has 5 nitrogen and oxygen atoms in total. The van der Waals surface area contributed by atoms with E-state index < -0.39 is 5.97 Å². The second-order valence-corrected chi connectivity index (χ2v) is 3.45. The fraction of sp³-hybridized carbons (Fsp3) is 0.100. The van der Waals surface area contributed by atoms with Crippen LogP contribution >= 0.6 is 11.6 Å². The van der Waals surface area contributed by atoms with E-state index in [2.05, 4.69) is 19.9 Å². The van der Waals surface area contributed by atoms with Crippen LogP contribution in [0.15, 0.2) is 24.3 Å². The van der Waals surface area contributed by atoms with Crippen LogP contribution in [0.3, 0.4) is 0 Å². The summed E-state index contributed by atoms with van der Waals surface area (Å²) < 4.78 is 4.51. The van der Waals surface area contributed by atoms with E-state index in [4.69, 9.17) is 11.6 Å². The van der Waals surface area contributed by atoms with Crippen molar-refractivity contribution in [1.82, 2.24) is 15.2 Å². The van der Waals surface area contributed by atoms with E-state index in [-0.39, 0.29) is 5.82 Å². The summed E-state index contributed by atoms with van der Waals surface area (Å²) in [5, 5.41) is 6.98. The average Bonchev–Trinajstić information content (AvgIpc) is 2.77. The largest absolute Gasteiger partial charge is 0.463 e. The summed E-state index contributed by atoms with van der Waals surface area (Å²) in [4.78, 5) is 15.1. The number of nitrogens with zero attached hydrogens (tertiary/aromatic N) is 2. The molecule has 0 unspecified atom stereocenters. The van der Waals surface area contributed by atoms with E-state index >= 15 is 0 Å². The molecule has 0 saturated carbocycles. The number of ether oxygens (including phenoxy) is 1. The molecule has 82 valence electrons. The normalized spacial score (nSPS) is 10.1. The highest BCUT2D eigenvalue weighted by Gasteiger charge is 2.12. The molecule has 2 aromatic rings. The van der Waals surface area contributed by atoms with E-state index in [0.717, 1.165) is 5.56 Å². The van der Waals surface area contributed by atoms with Gasteiger partial charge in [0.05, 0.1) is 7.11 Å². The lowest BCUT2D eigenvalue weighted by atomic mass is 10.2. The predicted octanol–water partition coefficient (Wildman–Crippen LogP) is 1.91. The summed E-state index contributed by atoms with van der Waals surface area (Å²) in [5.74, 6) is -0.0823. The van der Waals surface area contributed by atoms with Crippen molar-refractivity contribution in [3.63, 3.8) is 0 Å². The van der Waals surface area contributed by atoms with E-state index in [0.29, 0.717) is 10.8 Å². The minimum Gasteiger partial charge on any atom is -0.463 e. The second kappa shape index (κ2) is 4.32. The maximum atomic E-state index is 11.1. The molecule has 0 spiro atoms. The molecule has 16 heavy (non-hydrogen) atoms. The molecular formula is C10H8ClN3O2. The molecule has 1 aromatic heterocycles. The number of H-pyrrole nitrogens is 1. The Morgan fingerprint density at radius 3 is 3.00 bits per heavy atom. The molecular weight excluding hydrogens is 230 g/mol. The first-order valence-corrected chi connectivity index (χ1v) is 4.85. The molecule has 0 fully saturated rings. The van der Waals surface area contributed by atoms with Crippen LogP contribution in [0, 0.1) is 0 Å². The van der Waals surface area contributed by atoms with Gasteiger partial charge in [-0.1, -0.05) is 23.7 Å². The minimum absolute atomic E-state index is 0.0671. The predicted molar refractivity (Wildman–Crippen MR) is 58.2 cm³/mol. The third-order valence-corrected chi connectivity index (χ3v) is 2.18. The highest BCUT2D eigenvalue weighted by molar-refractivity contribution is 6.30. The second-order valence-electron chi connectivity index (χ2n) is 3.01. The molecule has 1 heterocycles. The Bertz CT molecular complexity index is 524. The molecule has 0 aliphatic rings. The number of benzene rings is 1. The number of carbonyl (C=O) groups excluding carboxylic acids is 1.